The molecule has 0 radical (unpaired) electrons. The molecule has 0 spiro atoms. The number of H-pyrrole nitrogens is 1. The molecule has 0 aliphatic heterocycles. The second-order valence-electron chi connectivity index (χ2n) is 5.44. The van der Waals surface area contributed by atoms with Crippen molar-refractivity contribution in [2.24, 2.45) is 0 Å². The number of hydrogen-bond acceptors (Lipinski definition) is 3. The molecule has 2 rings (SSSR count). The molecule has 2 aromatic rings. The number of aromatic nitrogens is 2. The van der Waals surface area contributed by atoms with E-state index in [1.54, 1.807) is 19.9 Å². The number of rotatable bonds is 3. The monoisotopic (exact) mass is 292 g/mol. The van der Waals surface area contributed by atoms with Crippen molar-refractivity contribution in [3.8, 4) is 17.0 Å². The van der Waals surface area contributed by atoms with E-state index in [-0.39, 0.29) is 11.1 Å². The molecule has 21 heavy (non-hydrogen) atoms. The molecular formula is C15H17FN2O3. The fourth-order valence-electron chi connectivity index (χ4n) is 2.15. The van der Waals surface area contributed by atoms with E-state index >= 15 is 0 Å². The first-order valence-corrected chi connectivity index (χ1v) is 6.63. The van der Waals surface area contributed by atoms with Crippen molar-refractivity contribution in [3.63, 3.8) is 0 Å². The van der Waals surface area contributed by atoms with Crippen LogP contribution in [0, 0.1) is 5.82 Å². The van der Waals surface area contributed by atoms with Crippen molar-refractivity contribution >= 4 is 0 Å². The molecule has 112 valence electrons. The van der Waals surface area contributed by atoms with Gasteiger partial charge >= 0.3 is 5.69 Å². The van der Waals surface area contributed by atoms with Gasteiger partial charge in [0.25, 0.3) is 5.56 Å². The highest BCUT2D eigenvalue weighted by Gasteiger charge is 2.27. The Morgan fingerprint density at radius 2 is 1.90 bits per heavy atom. The maximum atomic E-state index is 13.9. The minimum absolute atomic E-state index is 0.0445. The van der Waals surface area contributed by atoms with E-state index in [4.69, 9.17) is 0 Å². The van der Waals surface area contributed by atoms with Crippen molar-refractivity contribution in [3.05, 3.63) is 50.9 Å². The second kappa shape index (κ2) is 5.20. The number of hydrogen-bond donors (Lipinski definition) is 2. The van der Waals surface area contributed by atoms with Gasteiger partial charge in [0.2, 0.25) is 5.88 Å². The lowest BCUT2D eigenvalue weighted by Crippen LogP contribution is -2.40. The topological polar surface area (TPSA) is 75.1 Å². The third-order valence-electron chi connectivity index (χ3n) is 3.70. The zero-order chi connectivity index (χ0) is 15.8. The normalized spacial score (nSPS) is 11.6. The third kappa shape index (κ3) is 2.49. The maximum Gasteiger partial charge on any atom is 0.331 e. The van der Waals surface area contributed by atoms with E-state index in [1.165, 1.54) is 18.2 Å². The molecule has 1 aromatic heterocycles. The van der Waals surface area contributed by atoms with Gasteiger partial charge in [-0.15, -0.1) is 0 Å². The number of nitrogens with zero attached hydrogens (tertiary/aromatic N) is 1. The Morgan fingerprint density at radius 1 is 1.29 bits per heavy atom. The summed E-state index contributed by atoms with van der Waals surface area (Å²) in [5.41, 5.74) is -2.54. The highest BCUT2D eigenvalue weighted by molar-refractivity contribution is 5.67. The summed E-state index contributed by atoms with van der Waals surface area (Å²) in [4.78, 5) is 26.1. The van der Waals surface area contributed by atoms with E-state index in [0.717, 1.165) is 4.57 Å². The molecule has 0 atom stereocenters. The van der Waals surface area contributed by atoms with Crippen molar-refractivity contribution < 1.29 is 9.50 Å². The minimum Gasteiger partial charge on any atom is -0.494 e. The SMILES string of the molecule is CCC(C)(C)n1c(O)c(-c2ccccc2F)c(=O)[nH]c1=O. The molecule has 0 fully saturated rings. The van der Waals surface area contributed by atoms with E-state index < -0.39 is 28.5 Å². The van der Waals surface area contributed by atoms with Crippen LogP contribution in [0.3, 0.4) is 0 Å². The summed E-state index contributed by atoms with van der Waals surface area (Å²) >= 11 is 0. The maximum absolute atomic E-state index is 13.9. The Kier molecular flexibility index (Phi) is 3.72. The van der Waals surface area contributed by atoms with Crippen molar-refractivity contribution in [2.75, 3.05) is 0 Å². The summed E-state index contributed by atoms with van der Waals surface area (Å²) in [5, 5.41) is 10.4. The van der Waals surface area contributed by atoms with Crippen molar-refractivity contribution in [2.45, 2.75) is 32.7 Å². The first-order valence-electron chi connectivity index (χ1n) is 6.63. The van der Waals surface area contributed by atoms with Gasteiger partial charge in [-0.2, -0.15) is 0 Å². The molecular weight excluding hydrogens is 275 g/mol. The number of benzene rings is 1. The molecule has 1 heterocycles. The Morgan fingerprint density at radius 3 is 2.48 bits per heavy atom. The number of aromatic hydroxyl groups is 1. The summed E-state index contributed by atoms with van der Waals surface area (Å²) in [7, 11) is 0. The van der Waals surface area contributed by atoms with E-state index in [9.17, 15) is 19.1 Å². The molecule has 0 saturated heterocycles. The van der Waals surface area contributed by atoms with Gasteiger partial charge in [0.1, 0.15) is 11.4 Å². The standard InChI is InChI=1S/C15H17FN2O3/c1-4-15(2,3)18-13(20)11(12(19)17-14(18)21)9-7-5-6-8-10(9)16/h5-8,20H,4H2,1-3H3,(H,17,19,21). The lowest BCUT2D eigenvalue weighted by molar-refractivity contribution is 0.276. The van der Waals surface area contributed by atoms with Gasteiger partial charge in [0, 0.05) is 11.1 Å². The molecule has 0 aliphatic carbocycles. The Balaban J connectivity index is 2.87. The molecule has 0 bridgehead atoms. The second-order valence-corrected chi connectivity index (χ2v) is 5.44. The van der Waals surface area contributed by atoms with Gasteiger partial charge in [-0.3, -0.25) is 14.3 Å². The van der Waals surface area contributed by atoms with Crippen LogP contribution in [0.4, 0.5) is 4.39 Å². The van der Waals surface area contributed by atoms with Gasteiger partial charge in [0.05, 0.1) is 0 Å². The molecule has 6 heteroatoms. The number of halogens is 1. The fourth-order valence-corrected chi connectivity index (χ4v) is 2.15. The quantitative estimate of drug-likeness (QED) is 0.910. The summed E-state index contributed by atoms with van der Waals surface area (Å²) in [6.45, 7) is 5.34. The predicted molar refractivity (Wildman–Crippen MR) is 78.0 cm³/mol. The molecule has 0 unspecified atom stereocenters. The molecule has 5 nitrogen and oxygen atoms in total. The predicted octanol–water partition coefficient (Wildman–Crippen LogP) is 2.19. The number of aromatic amines is 1. The largest absolute Gasteiger partial charge is 0.494 e. The van der Waals surface area contributed by atoms with E-state index in [2.05, 4.69) is 4.98 Å². The average molecular weight is 292 g/mol. The fraction of sp³-hybridized carbons (Fsp3) is 0.333. The van der Waals surface area contributed by atoms with Crippen LogP contribution >= 0.6 is 0 Å². The third-order valence-corrected chi connectivity index (χ3v) is 3.70. The van der Waals surface area contributed by atoms with Crippen molar-refractivity contribution in [1.82, 2.24) is 9.55 Å². The zero-order valence-electron chi connectivity index (χ0n) is 12.1. The van der Waals surface area contributed by atoms with Crippen LogP contribution in [0.25, 0.3) is 11.1 Å². The highest BCUT2D eigenvalue weighted by atomic mass is 19.1. The van der Waals surface area contributed by atoms with Crippen LogP contribution < -0.4 is 11.2 Å². The Bertz CT molecular complexity index is 790. The van der Waals surface area contributed by atoms with Gasteiger partial charge in [-0.25, -0.2) is 9.18 Å². The summed E-state index contributed by atoms with van der Waals surface area (Å²) in [6.07, 6.45) is 0.545. The van der Waals surface area contributed by atoms with Crippen LogP contribution in [-0.2, 0) is 5.54 Å². The van der Waals surface area contributed by atoms with Gasteiger partial charge in [-0.1, -0.05) is 25.1 Å². The van der Waals surface area contributed by atoms with Gasteiger partial charge < -0.3 is 5.11 Å². The van der Waals surface area contributed by atoms with Crippen LogP contribution in [0.2, 0.25) is 0 Å². The summed E-state index contributed by atoms with van der Waals surface area (Å²) in [5.74, 6) is -1.17. The Hall–Kier alpha value is -2.37. The van der Waals surface area contributed by atoms with Crippen LogP contribution in [-0.4, -0.2) is 14.7 Å². The first-order chi connectivity index (χ1) is 9.79. The van der Waals surface area contributed by atoms with Crippen LogP contribution in [0.15, 0.2) is 33.9 Å². The van der Waals surface area contributed by atoms with Gasteiger partial charge in [0.15, 0.2) is 0 Å². The lowest BCUT2D eigenvalue weighted by Gasteiger charge is -2.27. The van der Waals surface area contributed by atoms with Gasteiger partial charge in [-0.05, 0) is 26.3 Å². The van der Waals surface area contributed by atoms with E-state index in [1.807, 2.05) is 6.92 Å². The molecule has 0 saturated carbocycles. The summed E-state index contributed by atoms with van der Waals surface area (Å²) < 4.78 is 15.0. The minimum atomic E-state index is -0.814. The van der Waals surface area contributed by atoms with Crippen molar-refractivity contribution in [1.29, 1.82) is 0 Å². The lowest BCUT2D eigenvalue weighted by atomic mass is 10.0. The first kappa shape index (κ1) is 15.0. The molecule has 1 aromatic carbocycles. The number of nitrogens with one attached hydrogen (secondary N) is 1. The summed E-state index contributed by atoms with van der Waals surface area (Å²) in [6, 6.07) is 5.61. The Labute approximate surface area is 120 Å². The average Bonchev–Trinajstić information content (AvgIpc) is 2.40. The smallest absolute Gasteiger partial charge is 0.331 e. The van der Waals surface area contributed by atoms with Crippen LogP contribution in [0.1, 0.15) is 27.2 Å². The van der Waals surface area contributed by atoms with E-state index in [0.29, 0.717) is 6.42 Å². The van der Waals surface area contributed by atoms with Crippen LogP contribution in [0.5, 0.6) is 5.88 Å². The zero-order valence-corrected chi connectivity index (χ0v) is 12.1. The molecule has 0 amide bonds. The highest BCUT2D eigenvalue weighted by Crippen LogP contribution is 2.30. The molecule has 2 N–H and O–H groups in total. The molecule has 0 aliphatic rings.